The minimum atomic E-state index is 0.339. The molecule has 3 rings (SSSR count). The zero-order valence-corrected chi connectivity index (χ0v) is 12.9. The Hall–Kier alpha value is -2.15. The highest BCUT2D eigenvalue weighted by Gasteiger charge is 2.14. The van der Waals surface area contributed by atoms with Crippen LogP contribution in [0.3, 0.4) is 0 Å². The van der Waals surface area contributed by atoms with E-state index in [1.807, 2.05) is 30.1 Å². The van der Waals surface area contributed by atoms with Gasteiger partial charge in [-0.25, -0.2) is 9.97 Å². The molecule has 1 aliphatic rings. The average Bonchev–Trinajstić information content (AvgIpc) is 3.07. The monoisotopic (exact) mass is 302 g/mol. The first-order chi connectivity index (χ1) is 10.8. The predicted octanol–water partition coefficient (Wildman–Crippen LogP) is 1.40. The van der Waals surface area contributed by atoms with Gasteiger partial charge in [-0.3, -0.25) is 4.68 Å². The van der Waals surface area contributed by atoms with Gasteiger partial charge < -0.3 is 15.0 Å². The molecule has 1 aliphatic heterocycles. The average molecular weight is 302 g/mol. The number of nitrogens with one attached hydrogen (secondary N) is 1. The molecule has 1 atom stereocenters. The molecule has 2 aromatic rings. The first-order valence-electron chi connectivity index (χ1n) is 7.66. The van der Waals surface area contributed by atoms with E-state index < -0.39 is 0 Å². The van der Waals surface area contributed by atoms with Gasteiger partial charge in [-0.1, -0.05) is 0 Å². The normalized spacial score (nSPS) is 18.1. The summed E-state index contributed by atoms with van der Waals surface area (Å²) in [4.78, 5) is 10.8. The molecule has 2 aromatic heterocycles. The maximum absolute atomic E-state index is 5.49. The molecule has 0 spiro atoms. The number of rotatable bonds is 6. The van der Waals surface area contributed by atoms with Gasteiger partial charge in [0.15, 0.2) is 0 Å². The first-order valence-corrected chi connectivity index (χ1v) is 7.66. The van der Waals surface area contributed by atoms with Crippen molar-refractivity contribution >= 4 is 11.6 Å². The lowest BCUT2D eigenvalue weighted by molar-refractivity contribution is 0.0875. The van der Waals surface area contributed by atoms with E-state index in [1.165, 1.54) is 0 Å². The van der Waals surface area contributed by atoms with Crippen molar-refractivity contribution in [3.63, 3.8) is 0 Å². The minimum absolute atomic E-state index is 0.339. The van der Waals surface area contributed by atoms with Crippen LogP contribution in [-0.2, 0) is 11.3 Å². The second-order valence-corrected chi connectivity index (χ2v) is 5.51. The van der Waals surface area contributed by atoms with Crippen LogP contribution < -0.4 is 10.2 Å². The van der Waals surface area contributed by atoms with Gasteiger partial charge >= 0.3 is 0 Å². The maximum Gasteiger partial charge on any atom is 0.133 e. The molecule has 0 bridgehead atoms. The van der Waals surface area contributed by atoms with Crippen LogP contribution in [0.25, 0.3) is 0 Å². The molecule has 0 aliphatic carbocycles. The lowest BCUT2D eigenvalue weighted by Gasteiger charge is -2.24. The van der Waals surface area contributed by atoms with Crippen molar-refractivity contribution in [3.05, 3.63) is 30.9 Å². The van der Waals surface area contributed by atoms with Crippen LogP contribution in [0, 0.1) is 0 Å². The summed E-state index contributed by atoms with van der Waals surface area (Å²) in [5, 5.41) is 7.63. The molecular weight excluding hydrogens is 280 g/mol. The molecule has 7 heteroatoms. The third-order valence-electron chi connectivity index (χ3n) is 3.78. The van der Waals surface area contributed by atoms with Crippen LogP contribution in [0.5, 0.6) is 0 Å². The molecule has 7 nitrogen and oxygen atoms in total. The summed E-state index contributed by atoms with van der Waals surface area (Å²) in [6, 6.07) is 4.25. The molecule has 0 aromatic carbocycles. The summed E-state index contributed by atoms with van der Waals surface area (Å²) < 4.78 is 7.40. The molecule has 118 valence electrons. The summed E-state index contributed by atoms with van der Waals surface area (Å²) in [6.45, 7) is 3.27. The SMILES string of the molecule is CN(CCn1cccn1)c1cc(NC2CCCOC2)ncn1. The van der Waals surface area contributed by atoms with Crippen molar-refractivity contribution in [1.82, 2.24) is 19.7 Å². The topological polar surface area (TPSA) is 68.1 Å². The first kappa shape index (κ1) is 14.8. The van der Waals surface area contributed by atoms with Crippen molar-refractivity contribution in [2.75, 3.05) is 37.0 Å². The number of aromatic nitrogens is 4. The van der Waals surface area contributed by atoms with Crippen LogP contribution in [0.4, 0.5) is 11.6 Å². The van der Waals surface area contributed by atoms with Gasteiger partial charge in [0.1, 0.15) is 18.0 Å². The van der Waals surface area contributed by atoms with E-state index in [0.717, 1.165) is 50.8 Å². The van der Waals surface area contributed by atoms with Crippen LogP contribution in [0.15, 0.2) is 30.9 Å². The Morgan fingerprint density at radius 3 is 3.18 bits per heavy atom. The molecular formula is C15H22N6O. The number of hydrogen-bond acceptors (Lipinski definition) is 6. The highest BCUT2D eigenvalue weighted by atomic mass is 16.5. The van der Waals surface area contributed by atoms with Gasteiger partial charge in [-0.2, -0.15) is 5.10 Å². The van der Waals surface area contributed by atoms with Crippen molar-refractivity contribution in [3.8, 4) is 0 Å². The van der Waals surface area contributed by atoms with E-state index in [1.54, 1.807) is 12.5 Å². The number of nitrogens with zero attached hydrogens (tertiary/aromatic N) is 5. The number of likely N-dealkylation sites (N-methyl/N-ethyl adjacent to an activating group) is 1. The molecule has 3 heterocycles. The molecule has 0 radical (unpaired) electrons. The fourth-order valence-corrected chi connectivity index (χ4v) is 2.50. The predicted molar refractivity (Wildman–Crippen MR) is 85.0 cm³/mol. The van der Waals surface area contributed by atoms with Crippen molar-refractivity contribution in [1.29, 1.82) is 0 Å². The molecule has 0 amide bonds. The molecule has 1 fully saturated rings. The summed E-state index contributed by atoms with van der Waals surface area (Å²) in [6.07, 6.45) is 7.57. The van der Waals surface area contributed by atoms with Crippen molar-refractivity contribution in [2.24, 2.45) is 0 Å². The van der Waals surface area contributed by atoms with E-state index in [4.69, 9.17) is 4.74 Å². The Morgan fingerprint density at radius 1 is 1.45 bits per heavy atom. The van der Waals surface area contributed by atoms with E-state index in [2.05, 4.69) is 25.3 Å². The highest BCUT2D eigenvalue weighted by molar-refractivity contribution is 5.48. The van der Waals surface area contributed by atoms with Gasteiger partial charge in [0.05, 0.1) is 19.2 Å². The van der Waals surface area contributed by atoms with Gasteiger partial charge in [-0.05, 0) is 18.9 Å². The zero-order chi connectivity index (χ0) is 15.2. The summed E-state index contributed by atoms with van der Waals surface area (Å²) in [5.74, 6) is 1.76. The lowest BCUT2D eigenvalue weighted by Crippen LogP contribution is -2.30. The Labute approximate surface area is 130 Å². The van der Waals surface area contributed by atoms with Crippen LogP contribution in [0.2, 0.25) is 0 Å². The van der Waals surface area contributed by atoms with Gasteiger partial charge in [0, 0.05) is 38.7 Å². The fourth-order valence-electron chi connectivity index (χ4n) is 2.50. The summed E-state index contributed by atoms with van der Waals surface area (Å²) in [5.41, 5.74) is 0. The van der Waals surface area contributed by atoms with Gasteiger partial charge in [-0.15, -0.1) is 0 Å². The third kappa shape index (κ3) is 3.94. The van der Waals surface area contributed by atoms with E-state index in [-0.39, 0.29) is 0 Å². The van der Waals surface area contributed by atoms with E-state index in [0.29, 0.717) is 6.04 Å². The van der Waals surface area contributed by atoms with E-state index >= 15 is 0 Å². The third-order valence-corrected chi connectivity index (χ3v) is 3.78. The summed E-state index contributed by atoms with van der Waals surface area (Å²) in [7, 11) is 2.03. The quantitative estimate of drug-likeness (QED) is 0.870. The fraction of sp³-hybridized carbons (Fsp3) is 0.533. The Kier molecular flexibility index (Phi) is 4.85. The van der Waals surface area contributed by atoms with Crippen LogP contribution >= 0.6 is 0 Å². The number of anilines is 2. The minimum Gasteiger partial charge on any atom is -0.379 e. The van der Waals surface area contributed by atoms with Gasteiger partial charge in [0.2, 0.25) is 0 Å². The second-order valence-electron chi connectivity index (χ2n) is 5.51. The second kappa shape index (κ2) is 7.22. The van der Waals surface area contributed by atoms with Crippen molar-refractivity contribution < 1.29 is 4.74 Å². The molecule has 1 saturated heterocycles. The molecule has 22 heavy (non-hydrogen) atoms. The number of ether oxygens (including phenoxy) is 1. The largest absolute Gasteiger partial charge is 0.379 e. The lowest BCUT2D eigenvalue weighted by atomic mass is 10.1. The molecule has 1 N–H and O–H groups in total. The molecule has 0 saturated carbocycles. The van der Waals surface area contributed by atoms with Gasteiger partial charge in [0.25, 0.3) is 0 Å². The zero-order valence-electron chi connectivity index (χ0n) is 12.9. The summed E-state index contributed by atoms with van der Waals surface area (Å²) >= 11 is 0. The Bertz CT molecular complexity index is 567. The standard InChI is InChI=1S/C15H22N6O/c1-20(7-8-21-6-3-5-18-21)15-10-14(16-12-17-15)19-13-4-2-9-22-11-13/h3,5-6,10,12-13H,2,4,7-9,11H2,1H3,(H,16,17,19). The van der Waals surface area contributed by atoms with Crippen molar-refractivity contribution in [2.45, 2.75) is 25.4 Å². The van der Waals surface area contributed by atoms with Crippen LogP contribution in [0.1, 0.15) is 12.8 Å². The Balaban J connectivity index is 1.57. The molecule has 1 unspecified atom stereocenters. The smallest absolute Gasteiger partial charge is 0.133 e. The maximum atomic E-state index is 5.49. The number of hydrogen-bond donors (Lipinski definition) is 1. The highest BCUT2D eigenvalue weighted by Crippen LogP contribution is 2.16. The van der Waals surface area contributed by atoms with Crippen LogP contribution in [-0.4, -0.2) is 52.6 Å². The van der Waals surface area contributed by atoms with E-state index in [9.17, 15) is 0 Å². The Morgan fingerprint density at radius 2 is 2.41 bits per heavy atom.